The summed E-state index contributed by atoms with van der Waals surface area (Å²) in [5.41, 5.74) is 23.6. The summed E-state index contributed by atoms with van der Waals surface area (Å²) in [7, 11) is 3.00. The maximum Gasteiger partial charge on any atom is 0.245 e. The van der Waals surface area contributed by atoms with Crippen LogP contribution in [0, 0.1) is 11.8 Å². The number of hydrogen-bond donors (Lipinski definition) is 13. The summed E-state index contributed by atoms with van der Waals surface area (Å²) < 4.78 is 0. The first-order valence-corrected chi connectivity index (χ1v) is 24.9. The quantitative estimate of drug-likeness (QED) is 0.0211. The van der Waals surface area contributed by atoms with Gasteiger partial charge in [0.2, 0.25) is 47.3 Å². The molecule has 17 N–H and O–H groups in total. The highest BCUT2D eigenvalue weighted by molar-refractivity contribution is 5.97. The largest absolute Gasteiger partial charge is 0.508 e. The molecule has 2 aromatic carbocycles. The van der Waals surface area contributed by atoms with Gasteiger partial charge in [-0.3, -0.25) is 48.3 Å². The third-order valence-corrected chi connectivity index (χ3v) is 11.5. The number of hydrogen-bond acceptors (Lipinski definition) is 12. The van der Waals surface area contributed by atoms with Crippen molar-refractivity contribution in [1.82, 2.24) is 47.4 Å². The molecule has 0 aliphatic heterocycles. The Morgan fingerprint density at radius 2 is 1.05 bits per heavy atom. The van der Waals surface area contributed by atoms with Crippen LogP contribution in [0.1, 0.15) is 84.3 Å². The summed E-state index contributed by atoms with van der Waals surface area (Å²) in [6.45, 7) is 8.80. The summed E-state index contributed by atoms with van der Waals surface area (Å²) in [6.07, 6.45) is 1.24. The summed E-state index contributed by atoms with van der Waals surface area (Å²) in [5.74, 6) is -5.41. The number of nitrogens with zero attached hydrogens (tertiary/aromatic N) is 3. The minimum absolute atomic E-state index is 0.00320. The summed E-state index contributed by atoms with van der Waals surface area (Å²) in [5, 5.41) is 31.2. The Bertz CT molecular complexity index is 2180. The fourth-order valence-electron chi connectivity index (χ4n) is 7.70. The predicted molar refractivity (Wildman–Crippen MR) is 283 cm³/mol. The molecule has 6 atom stereocenters. The zero-order valence-electron chi connectivity index (χ0n) is 43.9. The number of guanidine groups is 2. The number of aliphatic imine (C=N–C) groups is 2. The second kappa shape index (κ2) is 33.3. The molecular formula is C50H81N15O9. The molecule has 0 bridgehead atoms. The molecule has 0 heterocycles. The van der Waals surface area contributed by atoms with Crippen molar-refractivity contribution in [2.75, 3.05) is 46.8 Å². The predicted octanol–water partition coefficient (Wildman–Crippen LogP) is -1.90. The number of phenolic OH excluding ortho intramolecular Hbond substituents is 1. The fourth-order valence-corrected chi connectivity index (χ4v) is 7.70. The molecule has 410 valence electrons. The number of benzene rings is 2. The first kappa shape index (κ1) is 62.6. The van der Waals surface area contributed by atoms with Crippen molar-refractivity contribution in [3.8, 4) is 5.75 Å². The number of likely N-dealkylation sites (N-methyl/N-ethyl adjacent to an activating group) is 3. The van der Waals surface area contributed by atoms with Gasteiger partial charge in [0.15, 0.2) is 11.9 Å². The molecule has 24 heteroatoms. The average Bonchev–Trinajstić information content (AvgIpc) is 3.34. The minimum atomic E-state index is -1.27. The van der Waals surface area contributed by atoms with E-state index in [4.69, 9.17) is 22.9 Å². The Balaban J connectivity index is 2.36. The first-order chi connectivity index (χ1) is 35.0. The van der Waals surface area contributed by atoms with Crippen molar-refractivity contribution < 1.29 is 43.5 Å². The van der Waals surface area contributed by atoms with Crippen molar-refractivity contribution in [3.63, 3.8) is 0 Å². The van der Waals surface area contributed by atoms with Gasteiger partial charge in [0.25, 0.3) is 0 Å². The van der Waals surface area contributed by atoms with Gasteiger partial charge in [-0.15, -0.1) is 0 Å². The topological polar surface area (TPSA) is 385 Å². The van der Waals surface area contributed by atoms with Gasteiger partial charge in [-0.25, -0.2) is 0 Å². The van der Waals surface area contributed by atoms with Crippen LogP contribution in [-0.2, 0) is 51.2 Å². The van der Waals surface area contributed by atoms with E-state index < -0.39 is 90.7 Å². The Kier molecular flexibility index (Phi) is 28.2. The lowest BCUT2D eigenvalue weighted by molar-refractivity contribution is -0.143. The standard InChI is InChI=1S/C50H81N15O9/c1-8-56-44(70)37(24-30(2)3)64-47(73)40(17-13-23-58-50(53)54)65(7)48(74)35(16-12-22-57-49(51)52)62-45(71)38(25-31(4)5)63-46(72)39(27-32-14-10-9-11-15-32)61-42(68)29-59-41(67)28-60-43(69)36(55-6)26-33-18-20-34(66)21-19-33/h9-11,14-15,18-21,30-31,35-40,55,66H,8,12-13,16-17,22-29H2,1-7H3,(H,56,70)(H,59,67)(H,60,69)(H,61,68)(H,62,71)(H,63,72)(H,64,73)(H4,51,52,57)(H4,53,54,58)/t35-,36-,37-,38-,39-,40-/m0/s1. The normalized spacial score (nSPS) is 13.4. The molecular weight excluding hydrogens is 955 g/mol. The second-order valence-corrected chi connectivity index (χ2v) is 18.7. The van der Waals surface area contributed by atoms with Crippen molar-refractivity contribution in [2.45, 2.75) is 122 Å². The maximum atomic E-state index is 14.6. The SMILES string of the molecule is CCNC(=O)[C@H](CC(C)C)NC(=O)[C@H](CCCN=C(N)N)N(C)C(=O)[C@H](CCCN=C(N)N)NC(=O)[C@H](CC(C)C)NC(=O)[C@H](Cc1ccccc1)NC(=O)CNC(=O)CNC(=O)[C@H](Cc1ccc(O)cc1)NC. The lowest BCUT2D eigenvalue weighted by Crippen LogP contribution is -2.60. The van der Waals surface area contributed by atoms with Gasteiger partial charge in [0, 0.05) is 33.1 Å². The van der Waals surface area contributed by atoms with Crippen LogP contribution >= 0.6 is 0 Å². The van der Waals surface area contributed by atoms with Gasteiger partial charge >= 0.3 is 0 Å². The highest BCUT2D eigenvalue weighted by Gasteiger charge is 2.36. The van der Waals surface area contributed by atoms with Crippen LogP contribution in [0.4, 0.5) is 0 Å². The van der Waals surface area contributed by atoms with E-state index >= 15 is 0 Å². The van der Waals surface area contributed by atoms with Gasteiger partial charge in [-0.2, -0.15) is 0 Å². The van der Waals surface area contributed by atoms with Crippen LogP contribution in [0.15, 0.2) is 64.6 Å². The Labute approximate surface area is 434 Å². The first-order valence-electron chi connectivity index (χ1n) is 24.9. The van der Waals surface area contributed by atoms with Crippen LogP contribution in [0.25, 0.3) is 0 Å². The lowest BCUT2D eigenvalue weighted by atomic mass is 9.99. The average molecular weight is 1040 g/mol. The van der Waals surface area contributed by atoms with Crippen LogP contribution in [0.3, 0.4) is 0 Å². The molecule has 74 heavy (non-hydrogen) atoms. The van der Waals surface area contributed by atoms with E-state index in [9.17, 15) is 43.5 Å². The van der Waals surface area contributed by atoms with Crippen LogP contribution in [0.5, 0.6) is 5.75 Å². The van der Waals surface area contributed by atoms with Crippen LogP contribution in [-0.4, -0.2) is 152 Å². The smallest absolute Gasteiger partial charge is 0.245 e. The molecule has 24 nitrogen and oxygen atoms in total. The number of phenols is 1. The van der Waals surface area contributed by atoms with E-state index in [2.05, 4.69) is 52.5 Å². The molecule has 0 aliphatic carbocycles. The number of nitrogens with one attached hydrogen (secondary N) is 8. The molecule has 0 aromatic heterocycles. The van der Waals surface area contributed by atoms with Crippen molar-refractivity contribution >= 4 is 59.2 Å². The third kappa shape index (κ3) is 24.3. The summed E-state index contributed by atoms with van der Waals surface area (Å²) in [6, 6.07) is 8.64. The van der Waals surface area contributed by atoms with Crippen molar-refractivity contribution in [1.29, 1.82) is 0 Å². The van der Waals surface area contributed by atoms with Crippen molar-refractivity contribution in [3.05, 3.63) is 65.7 Å². The molecule has 0 fully saturated rings. The van der Waals surface area contributed by atoms with Crippen LogP contribution < -0.4 is 65.5 Å². The molecule has 8 amide bonds. The molecule has 2 aromatic rings. The van der Waals surface area contributed by atoms with Crippen LogP contribution in [0.2, 0.25) is 0 Å². The fraction of sp³-hybridized carbons (Fsp3) is 0.560. The highest BCUT2D eigenvalue weighted by Crippen LogP contribution is 2.16. The zero-order chi connectivity index (χ0) is 55.3. The maximum absolute atomic E-state index is 14.6. The summed E-state index contributed by atoms with van der Waals surface area (Å²) >= 11 is 0. The lowest BCUT2D eigenvalue weighted by Gasteiger charge is -2.33. The monoisotopic (exact) mass is 1040 g/mol. The molecule has 0 aliphatic rings. The highest BCUT2D eigenvalue weighted by atomic mass is 16.3. The minimum Gasteiger partial charge on any atom is -0.508 e. The third-order valence-electron chi connectivity index (χ3n) is 11.5. The number of carbonyl (C=O) groups is 8. The number of rotatable bonds is 33. The van der Waals surface area contributed by atoms with E-state index in [1.165, 1.54) is 24.1 Å². The molecule has 0 saturated carbocycles. The van der Waals surface area contributed by atoms with Gasteiger partial charge in [-0.1, -0.05) is 70.2 Å². The van der Waals surface area contributed by atoms with E-state index in [-0.39, 0.29) is 93.4 Å². The van der Waals surface area contributed by atoms with Gasteiger partial charge in [0.1, 0.15) is 36.0 Å². The second-order valence-electron chi connectivity index (χ2n) is 18.7. The van der Waals surface area contributed by atoms with Gasteiger partial charge in [0.05, 0.1) is 19.1 Å². The van der Waals surface area contributed by atoms with E-state index in [1.54, 1.807) is 56.4 Å². The Hall–Kier alpha value is -7.50. The molecule has 0 saturated heterocycles. The summed E-state index contributed by atoms with van der Waals surface area (Å²) in [4.78, 5) is 119. The molecule has 0 spiro atoms. The van der Waals surface area contributed by atoms with E-state index in [0.29, 0.717) is 18.5 Å². The van der Waals surface area contributed by atoms with E-state index in [1.807, 2.05) is 27.7 Å². The van der Waals surface area contributed by atoms with Gasteiger partial charge in [-0.05, 0) is 94.0 Å². The Morgan fingerprint density at radius 1 is 0.568 bits per heavy atom. The molecule has 0 radical (unpaired) electrons. The zero-order valence-corrected chi connectivity index (χ0v) is 43.9. The molecule has 2 rings (SSSR count). The van der Waals surface area contributed by atoms with E-state index in [0.717, 1.165) is 5.56 Å². The van der Waals surface area contributed by atoms with Crippen molar-refractivity contribution in [2.24, 2.45) is 44.8 Å². The number of aromatic hydroxyl groups is 1. The number of carbonyl (C=O) groups excluding carboxylic acids is 8. The Morgan fingerprint density at radius 3 is 1.61 bits per heavy atom. The number of nitrogens with two attached hydrogens (primary N) is 4. The number of amides is 8. The molecule has 0 unspecified atom stereocenters. The van der Waals surface area contributed by atoms with Gasteiger partial charge < -0.3 is 75.5 Å².